The Hall–Kier alpha value is -3.49. The molecule has 2 aromatic heterocycles. The van der Waals surface area contributed by atoms with Crippen LogP contribution in [-0.4, -0.2) is 30.9 Å². The molecule has 0 aliphatic rings. The van der Waals surface area contributed by atoms with Crippen molar-refractivity contribution >= 4 is 5.69 Å². The van der Waals surface area contributed by atoms with Crippen LogP contribution in [0, 0.1) is 10.1 Å². The predicted molar refractivity (Wildman–Crippen MR) is 98.6 cm³/mol. The predicted octanol–water partition coefficient (Wildman–Crippen LogP) is 2.90. The second-order valence-corrected chi connectivity index (χ2v) is 5.87. The van der Waals surface area contributed by atoms with Crippen molar-refractivity contribution in [2.75, 3.05) is 6.61 Å². The van der Waals surface area contributed by atoms with Gasteiger partial charge in [-0.25, -0.2) is 4.98 Å². The number of nitro benzene ring substituents is 1. The van der Waals surface area contributed by atoms with Gasteiger partial charge in [0, 0.05) is 24.5 Å². The second-order valence-electron chi connectivity index (χ2n) is 5.87. The molecule has 0 amide bonds. The summed E-state index contributed by atoms with van der Waals surface area (Å²) in [5.41, 5.74) is 0.415. The van der Waals surface area contributed by atoms with Crippen LogP contribution < -0.4 is 10.3 Å². The molecule has 0 atom stereocenters. The van der Waals surface area contributed by atoms with Gasteiger partial charge in [0.05, 0.1) is 29.7 Å². The van der Waals surface area contributed by atoms with E-state index < -0.39 is 10.5 Å². The van der Waals surface area contributed by atoms with E-state index in [2.05, 4.69) is 17.0 Å². The van der Waals surface area contributed by atoms with E-state index in [0.717, 1.165) is 19.3 Å². The first kappa shape index (κ1) is 18.3. The molecule has 0 unspecified atom stereocenters. The van der Waals surface area contributed by atoms with Crippen molar-refractivity contribution in [2.45, 2.75) is 26.2 Å². The zero-order valence-electron chi connectivity index (χ0n) is 14.8. The summed E-state index contributed by atoms with van der Waals surface area (Å²) in [6.07, 6.45) is 9.25. The van der Waals surface area contributed by atoms with E-state index in [0.29, 0.717) is 18.0 Å². The molecule has 0 spiro atoms. The number of unbranched alkanes of at least 4 members (excludes halogenated alkanes) is 2. The summed E-state index contributed by atoms with van der Waals surface area (Å²) in [6, 6.07) is 5.61. The second kappa shape index (κ2) is 8.26. The molecule has 1 aromatic carbocycles. The van der Waals surface area contributed by atoms with Gasteiger partial charge in [-0.05, 0) is 18.6 Å². The fourth-order valence-electron chi connectivity index (χ4n) is 2.58. The van der Waals surface area contributed by atoms with Gasteiger partial charge in [0.15, 0.2) is 0 Å². The SMILES string of the molecule is CCCCCOc1c(-n2ccnc2)cnn(-c2ccc([N+](=O)[O-])cc2)c1=O. The number of aromatic nitrogens is 4. The van der Waals surface area contributed by atoms with E-state index in [-0.39, 0.29) is 11.4 Å². The van der Waals surface area contributed by atoms with Gasteiger partial charge in [0.25, 0.3) is 5.69 Å². The minimum Gasteiger partial charge on any atom is -0.486 e. The Morgan fingerprint density at radius 2 is 2.00 bits per heavy atom. The van der Waals surface area contributed by atoms with E-state index in [1.165, 1.54) is 35.1 Å². The molecule has 9 heteroatoms. The molecule has 0 radical (unpaired) electrons. The molecule has 0 saturated carbocycles. The normalized spacial score (nSPS) is 10.7. The molecule has 9 nitrogen and oxygen atoms in total. The zero-order valence-corrected chi connectivity index (χ0v) is 14.8. The minimum absolute atomic E-state index is 0.0575. The number of rotatable bonds is 8. The molecule has 0 N–H and O–H groups in total. The highest BCUT2D eigenvalue weighted by atomic mass is 16.6. The average Bonchev–Trinajstić information content (AvgIpc) is 3.20. The Morgan fingerprint density at radius 3 is 2.63 bits per heavy atom. The topological polar surface area (TPSA) is 105 Å². The summed E-state index contributed by atoms with van der Waals surface area (Å²) in [4.78, 5) is 27.3. The maximum atomic E-state index is 13.0. The van der Waals surface area contributed by atoms with Crippen molar-refractivity contribution in [3.63, 3.8) is 0 Å². The number of nitrogens with zero attached hydrogens (tertiary/aromatic N) is 5. The molecule has 3 rings (SSSR count). The van der Waals surface area contributed by atoms with Crippen LogP contribution >= 0.6 is 0 Å². The number of non-ortho nitro benzene ring substituents is 1. The van der Waals surface area contributed by atoms with Gasteiger partial charge >= 0.3 is 5.56 Å². The lowest BCUT2D eigenvalue weighted by atomic mass is 10.2. The van der Waals surface area contributed by atoms with Gasteiger partial charge < -0.3 is 9.30 Å². The van der Waals surface area contributed by atoms with Crippen LogP contribution in [-0.2, 0) is 0 Å². The summed E-state index contributed by atoms with van der Waals surface area (Å²) < 4.78 is 8.61. The lowest BCUT2D eigenvalue weighted by Crippen LogP contribution is -2.25. The number of hydrogen-bond donors (Lipinski definition) is 0. The monoisotopic (exact) mass is 369 g/mol. The smallest absolute Gasteiger partial charge is 0.316 e. The molecular weight excluding hydrogens is 350 g/mol. The van der Waals surface area contributed by atoms with Crippen LogP contribution in [0.5, 0.6) is 5.75 Å². The summed E-state index contributed by atoms with van der Waals surface area (Å²) >= 11 is 0. The Morgan fingerprint density at radius 1 is 1.22 bits per heavy atom. The molecule has 0 bridgehead atoms. The number of benzene rings is 1. The van der Waals surface area contributed by atoms with E-state index >= 15 is 0 Å². The lowest BCUT2D eigenvalue weighted by Gasteiger charge is -2.13. The first-order valence-corrected chi connectivity index (χ1v) is 8.60. The molecule has 140 valence electrons. The first-order chi connectivity index (χ1) is 13.1. The van der Waals surface area contributed by atoms with Gasteiger partial charge in [0.1, 0.15) is 5.69 Å². The van der Waals surface area contributed by atoms with Crippen molar-refractivity contribution in [1.29, 1.82) is 0 Å². The summed E-state index contributed by atoms with van der Waals surface area (Å²) in [6.45, 7) is 2.50. The summed E-state index contributed by atoms with van der Waals surface area (Å²) in [7, 11) is 0. The molecule has 0 fully saturated rings. The highest BCUT2D eigenvalue weighted by Crippen LogP contribution is 2.20. The van der Waals surface area contributed by atoms with Crippen LogP contribution in [0.25, 0.3) is 11.4 Å². The average molecular weight is 369 g/mol. The van der Waals surface area contributed by atoms with Crippen LogP contribution in [0.1, 0.15) is 26.2 Å². The minimum atomic E-state index is -0.496. The fraction of sp³-hybridized carbons (Fsp3) is 0.278. The summed E-state index contributed by atoms with van der Waals surface area (Å²) in [5.74, 6) is 0.164. The Labute approximate surface area is 155 Å². The summed E-state index contributed by atoms with van der Waals surface area (Å²) in [5, 5.41) is 15.0. The Bertz CT molecular complexity index is 964. The molecule has 0 aliphatic carbocycles. The largest absolute Gasteiger partial charge is 0.486 e. The van der Waals surface area contributed by atoms with Gasteiger partial charge in [-0.15, -0.1) is 0 Å². The van der Waals surface area contributed by atoms with Crippen molar-refractivity contribution in [3.05, 3.63) is 69.7 Å². The quantitative estimate of drug-likeness (QED) is 0.343. The maximum absolute atomic E-state index is 13.0. The number of hydrogen-bond acceptors (Lipinski definition) is 6. The van der Waals surface area contributed by atoms with E-state index in [1.807, 2.05) is 0 Å². The highest BCUT2D eigenvalue weighted by molar-refractivity contribution is 5.46. The lowest BCUT2D eigenvalue weighted by molar-refractivity contribution is -0.384. The van der Waals surface area contributed by atoms with Crippen LogP contribution in [0.4, 0.5) is 5.69 Å². The van der Waals surface area contributed by atoms with Crippen molar-refractivity contribution < 1.29 is 9.66 Å². The highest BCUT2D eigenvalue weighted by Gasteiger charge is 2.16. The standard InChI is InChI=1S/C18H19N5O4/c1-2-3-4-11-27-17-16(21-10-9-19-13-21)12-20-22(18(17)24)14-5-7-15(8-6-14)23(25)26/h5-10,12-13H,2-4,11H2,1H3. The van der Waals surface area contributed by atoms with Crippen LogP contribution in [0.2, 0.25) is 0 Å². The third-order valence-corrected chi connectivity index (χ3v) is 4.00. The van der Waals surface area contributed by atoms with Crippen LogP contribution in [0.3, 0.4) is 0 Å². The van der Waals surface area contributed by atoms with E-state index in [1.54, 1.807) is 23.3 Å². The van der Waals surface area contributed by atoms with Gasteiger partial charge in [-0.3, -0.25) is 14.9 Å². The Balaban J connectivity index is 2.00. The van der Waals surface area contributed by atoms with E-state index in [9.17, 15) is 14.9 Å². The first-order valence-electron chi connectivity index (χ1n) is 8.60. The van der Waals surface area contributed by atoms with Crippen molar-refractivity contribution in [2.24, 2.45) is 0 Å². The Kier molecular flexibility index (Phi) is 5.60. The molecule has 0 saturated heterocycles. The molecule has 27 heavy (non-hydrogen) atoms. The maximum Gasteiger partial charge on any atom is 0.316 e. The fourth-order valence-corrected chi connectivity index (χ4v) is 2.58. The van der Waals surface area contributed by atoms with Crippen molar-refractivity contribution in [1.82, 2.24) is 19.3 Å². The number of imidazole rings is 1. The number of ether oxygens (including phenoxy) is 1. The van der Waals surface area contributed by atoms with Crippen molar-refractivity contribution in [3.8, 4) is 17.1 Å². The molecule has 2 heterocycles. The molecular formula is C18H19N5O4. The molecule has 0 aliphatic heterocycles. The third-order valence-electron chi connectivity index (χ3n) is 4.00. The van der Waals surface area contributed by atoms with Crippen LogP contribution in [0.15, 0.2) is 54.0 Å². The van der Waals surface area contributed by atoms with E-state index in [4.69, 9.17) is 4.74 Å². The van der Waals surface area contributed by atoms with Gasteiger partial charge in [-0.2, -0.15) is 9.78 Å². The van der Waals surface area contributed by atoms with Gasteiger partial charge in [-0.1, -0.05) is 19.8 Å². The molecule has 3 aromatic rings. The third kappa shape index (κ3) is 4.02. The van der Waals surface area contributed by atoms with Gasteiger partial charge in [0.2, 0.25) is 5.75 Å². The zero-order chi connectivity index (χ0) is 19.2. The number of nitro groups is 1.